The van der Waals surface area contributed by atoms with Crippen LogP contribution in [0, 0.1) is 6.92 Å². The van der Waals surface area contributed by atoms with Crippen molar-refractivity contribution in [2.45, 2.75) is 51.8 Å². The van der Waals surface area contributed by atoms with Gasteiger partial charge in [-0.3, -0.25) is 15.1 Å². The van der Waals surface area contributed by atoms with Crippen molar-refractivity contribution in [1.82, 2.24) is 24.8 Å². The first kappa shape index (κ1) is 31.4. The first-order valence-electron chi connectivity index (χ1n) is 15.3. The summed E-state index contributed by atoms with van der Waals surface area (Å²) in [6, 6.07) is 17.9. The lowest BCUT2D eigenvalue weighted by atomic mass is 10.0. The fraction of sp³-hybridized carbons (Fsp3) is 0.441. The minimum atomic E-state index is -1.02. The van der Waals surface area contributed by atoms with Gasteiger partial charge in [0, 0.05) is 54.7 Å². The van der Waals surface area contributed by atoms with Crippen LogP contribution in [0.3, 0.4) is 0 Å². The van der Waals surface area contributed by atoms with Crippen LogP contribution in [0.15, 0.2) is 54.6 Å². The van der Waals surface area contributed by atoms with Crippen LogP contribution in [0.5, 0.6) is 5.75 Å². The number of ether oxygens (including phenoxy) is 1. The molecule has 1 saturated heterocycles. The molecule has 1 aliphatic rings. The van der Waals surface area contributed by atoms with Crippen LogP contribution in [0.2, 0.25) is 0 Å². The number of para-hydroxylation sites is 1. The fourth-order valence-electron chi connectivity index (χ4n) is 5.75. The Hall–Kier alpha value is -3.99. The van der Waals surface area contributed by atoms with Crippen molar-refractivity contribution in [3.8, 4) is 17.0 Å². The maximum absolute atomic E-state index is 13.7. The number of carbonyl (C=O) groups is 1. The number of hydrogen-bond donors (Lipinski definition) is 3. The molecule has 4 aromatic rings. The third-order valence-corrected chi connectivity index (χ3v) is 7.95. The third-order valence-electron chi connectivity index (χ3n) is 7.95. The molecule has 2 aromatic heterocycles. The van der Waals surface area contributed by atoms with E-state index in [0.29, 0.717) is 34.7 Å². The number of aromatic nitrogens is 3. The Morgan fingerprint density at radius 2 is 1.84 bits per heavy atom. The molecule has 234 valence electrons. The van der Waals surface area contributed by atoms with Crippen molar-refractivity contribution in [3.63, 3.8) is 0 Å². The molecule has 0 aliphatic carbocycles. The number of rotatable bonds is 11. The number of methoxy groups -OCH3 is 1. The average molecular weight is 600 g/mol. The van der Waals surface area contributed by atoms with Gasteiger partial charge in [0.05, 0.1) is 36.0 Å². The van der Waals surface area contributed by atoms with Crippen molar-refractivity contribution in [2.24, 2.45) is 0 Å². The normalized spacial score (nSPS) is 14.4. The highest BCUT2D eigenvalue weighted by Crippen LogP contribution is 2.31. The molecule has 1 amide bonds. The highest BCUT2D eigenvalue weighted by molar-refractivity contribution is 6.05. The first-order valence-corrected chi connectivity index (χ1v) is 15.3. The van der Waals surface area contributed by atoms with Gasteiger partial charge < -0.3 is 29.5 Å². The lowest BCUT2D eigenvalue weighted by Crippen LogP contribution is -2.44. The molecule has 5 rings (SSSR count). The Morgan fingerprint density at radius 1 is 1.09 bits per heavy atom. The molecule has 44 heavy (non-hydrogen) atoms. The largest absolute Gasteiger partial charge is 0.496 e. The van der Waals surface area contributed by atoms with Crippen molar-refractivity contribution in [3.05, 3.63) is 65.9 Å². The van der Waals surface area contributed by atoms with Crippen LogP contribution in [-0.4, -0.2) is 89.5 Å². The molecule has 0 saturated carbocycles. The molecular weight excluding hydrogens is 554 g/mol. The Morgan fingerprint density at radius 3 is 2.55 bits per heavy atom. The van der Waals surface area contributed by atoms with E-state index in [1.54, 1.807) is 33.1 Å². The fourth-order valence-corrected chi connectivity index (χ4v) is 5.75. The Bertz CT molecular complexity index is 1600. The number of nitrogens with one attached hydrogen (secondary N) is 2. The number of carbonyl (C=O) groups excluding carboxylic acids is 1. The molecule has 2 aromatic carbocycles. The van der Waals surface area contributed by atoms with Gasteiger partial charge in [0.25, 0.3) is 5.91 Å². The highest BCUT2D eigenvalue weighted by Gasteiger charge is 2.24. The molecule has 0 spiro atoms. The summed E-state index contributed by atoms with van der Waals surface area (Å²) in [6.07, 6.45) is 2.16. The summed E-state index contributed by atoms with van der Waals surface area (Å²) in [7, 11) is 5.81. The zero-order valence-electron chi connectivity index (χ0n) is 26.7. The summed E-state index contributed by atoms with van der Waals surface area (Å²) >= 11 is 0. The maximum Gasteiger partial charge on any atom is 0.258 e. The number of benzene rings is 2. The number of amides is 1. The molecule has 1 fully saturated rings. The molecule has 3 heterocycles. The van der Waals surface area contributed by atoms with Crippen LogP contribution in [0.1, 0.15) is 42.7 Å². The Kier molecular flexibility index (Phi) is 9.53. The number of piperidine rings is 1. The molecule has 10 nitrogen and oxygen atoms in total. The van der Waals surface area contributed by atoms with E-state index in [1.165, 1.54) is 0 Å². The quantitative estimate of drug-likeness (QED) is 0.230. The first-order chi connectivity index (χ1) is 21.0. The SMILES string of the molecule is COc1ccccc1-c1cc(C(=O)Nc2nc3ccc(N4CCC(NCCN(C)C)CC4)cc3n2CC(C)(C)O)cc(C)n1. The van der Waals surface area contributed by atoms with E-state index >= 15 is 0 Å². The highest BCUT2D eigenvalue weighted by atomic mass is 16.5. The van der Waals surface area contributed by atoms with E-state index in [4.69, 9.17) is 9.72 Å². The van der Waals surface area contributed by atoms with Crippen LogP contribution < -0.4 is 20.3 Å². The van der Waals surface area contributed by atoms with E-state index in [2.05, 4.69) is 51.6 Å². The van der Waals surface area contributed by atoms with E-state index in [9.17, 15) is 9.90 Å². The topological polar surface area (TPSA) is 108 Å². The minimum Gasteiger partial charge on any atom is -0.496 e. The van der Waals surface area contributed by atoms with Gasteiger partial charge in [0.2, 0.25) is 5.95 Å². The van der Waals surface area contributed by atoms with Gasteiger partial charge in [0.1, 0.15) is 5.75 Å². The summed E-state index contributed by atoms with van der Waals surface area (Å²) in [5, 5.41) is 17.5. The van der Waals surface area contributed by atoms with E-state index in [0.717, 1.165) is 61.3 Å². The van der Waals surface area contributed by atoms with Crippen molar-refractivity contribution >= 4 is 28.6 Å². The van der Waals surface area contributed by atoms with Crippen LogP contribution in [-0.2, 0) is 6.54 Å². The minimum absolute atomic E-state index is 0.266. The molecule has 1 aliphatic heterocycles. The summed E-state index contributed by atoms with van der Waals surface area (Å²) in [6.45, 7) is 9.60. The summed E-state index contributed by atoms with van der Waals surface area (Å²) in [5.41, 5.74) is 4.35. The number of aryl methyl sites for hydroxylation is 1. The lowest BCUT2D eigenvalue weighted by molar-refractivity contribution is 0.0630. The molecule has 3 N–H and O–H groups in total. The van der Waals surface area contributed by atoms with Gasteiger partial charge in [-0.1, -0.05) is 12.1 Å². The van der Waals surface area contributed by atoms with Crippen molar-refractivity contribution in [2.75, 3.05) is 57.6 Å². The van der Waals surface area contributed by atoms with Crippen LogP contribution in [0.4, 0.5) is 11.6 Å². The number of imidazole rings is 1. The summed E-state index contributed by atoms with van der Waals surface area (Å²) < 4.78 is 7.43. The maximum atomic E-state index is 13.7. The monoisotopic (exact) mass is 599 g/mol. The molecule has 0 bridgehead atoms. The summed E-state index contributed by atoms with van der Waals surface area (Å²) in [4.78, 5) is 27.7. The van der Waals surface area contributed by atoms with E-state index in [-0.39, 0.29) is 12.5 Å². The Balaban J connectivity index is 1.39. The number of aliphatic hydroxyl groups is 1. The number of pyridine rings is 1. The predicted octanol–water partition coefficient (Wildman–Crippen LogP) is 4.56. The molecule has 0 radical (unpaired) electrons. The van der Waals surface area contributed by atoms with Crippen molar-refractivity contribution in [1.29, 1.82) is 0 Å². The number of fused-ring (bicyclic) bond motifs is 1. The number of anilines is 2. The van der Waals surface area contributed by atoms with Gasteiger partial charge in [0.15, 0.2) is 0 Å². The molecule has 0 unspecified atom stereocenters. The van der Waals surface area contributed by atoms with Gasteiger partial charge >= 0.3 is 0 Å². The van der Waals surface area contributed by atoms with Gasteiger partial charge in [-0.2, -0.15) is 0 Å². The zero-order valence-corrected chi connectivity index (χ0v) is 26.7. The third kappa shape index (κ3) is 7.56. The van der Waals surface area contributed by atoms with Gasteiger partial charge in [-0.25, -0.2) is 4.98 Å². The number of hydrogen-bond acceptors (Lipinski definition) is 8. The number of nitrogens with zero attached hydrogens (tertiary/aromatic N) is 5. The lowest BCUT2D eigenvalue weighted by Gasteiger charge is -2.34. The van der Waals surface area contributed by atoms with Crippen LogP contribution >= 0.6 is 0 Å². The van der Waals surface area contributed by atoms with Gasteiger partial charge in [-0.15, -0.1) is 0 Å². The second kappa shape index (κ2) is 13.3. The second-order valence-corrected chi connectivity index (χ2v) is 12.6. The van der Waals surface area contributed by atoms with Gasteiger partial charge in [-0.05, 0) is 90.2 Å². The van der Waals surface area contributed by atoms with Crippen molar-refractivity contribution < 1.29 is 14.6 Å². The average Bonchev–Trinajstić information content (AvgIpc) is 3.31. The smallest absolute Gasteiger partial charge is 0.258 e. The van der Waals surface area contributed by atoms with E-state index in [1.807, 2.05) is 41.8 Å². The predicted molar refractivity (Wildman–Crippen MR) is 177 cm³/mol. The zero-order chi connectivity index (χ0) is 31.4. The molecular formula is C34H45N7O3. The summed E-state index contributed by atoms with van der Waals surface area (Å²) in [5.74, 6) is 0.772. The van der Waals surface area contributed by atoms with Crippen LogP contribution in [0.25, 0.3) is 22.3 Å². The van der Waals surface area contributed by atoms with E-state index < -0.39 is 5.60 Å². The Labute approximate surface area is 260 Å². The second-order valence-electron chi connectivity index (χ2n) is 12.6. The molecule has 0 atom stereocenters. The number of likely N-dealkylation sites (N-methyl/N-ethyl adjacent to an activating group) is 1. The molecule has 10 heteroatoms. The standard InChI is InChI=1S/C34H45N7O3/c1-23-19-24(20-29(36-23)27-9-7-8-10-31(27)44-6)32(42)38-33-37-28-12-11-26(21-30(28)41(33)22-34(2,3)43)40-16-13-25(14-17-40)35-15-18-39(4)5/h7-12,19-21,25,35,43H,13-18,22H2,1-6H3,(H,37,38,42).